The molecule has 0 nitrogen and oxygen atoms in total. The summed E-state index contributed by atoms with van der Waals surface area (Å²) in [5.41, 5.74) is 5.43. The molecule has 150 valence electrons. The second-order valence-electron chi connectivity index (χ2n) is 7.82. The van der Waals surface area contributed by atoms with Crippen LogP contribution in [0.3, 0.4) is 0 Å². The van der Waals surface area contributed by atoms with E-state index in [-0.39, 0.29) is 0 Å². The summed E-state index contributed by atoms with van der Waals surface area (Å²) < 4.78 is 0. The summed E-state index contributed by atoms with van der Waals surface area (Å²) in [4.78, 5) is 0. The van der Waals surface area contributed by atoms with Crippen molar-refractivity contribution in [2.75, 3.05) is 0 Å². The monoisotopic (exact) mass is 366 g/mol. The highest BCUT2D eigenvalue weighted by atomic mass is 14.1. The molecular weight excluding hydrogens is 324 g/mol. The molecule has 0 fully saturated rings. The molecule has 0 aromatic heterocycles. The van der Waals surface area contributed by atoms with Gasteiger partial charge >= 0.3 is 0 Å². The zero-order valence-electron chi connectivity index (χ0n) is 18.3. The largest absolute Gasteiger partial charge is 0.101 e. The molecule has 0 saturated heterocycles. The first-order valence-electron chi connectivity index (χ1n) is 11.5. The van der Waals surface area contributed by atoms with Crippen LogP contribution in [0.2, 0.25) is 0 Å². The Morgan fingerprint density at radius 3 is 1.78 bits per heavy atom. The fourth-order valence-corrected chi connectivity index (χ4v) is 3.76. The Morgan fingerprint density at radius 2 is 1.26 bits per heavy atom. The molecule has 1 aromatic carbocycles. The topological polar surface area (TPSA) is 0 Å². The van der Waals surface area contributed by atoms with E-state index in [1.165, 1.54) is 99.3 Å². The number of hydrogen-bond donors (Lipinski definition) is 0. The van der Waals surface area contributed by atoms with Crippen LogP contribution in [0.15, 0.2) is 18.7 Å². The highest BCUT2D eigenvalue weighted by Crippen LogP contribution is 2.22. The van der Waals surface area contributed by atoms with Gasteiger partial charge in [0.05, 0.1) is 0 Å². The predicted molar refractivity (Wildman–Crippen MR) is 123 cm³/mol. The molecule has 0 atom stereocenters. The number of hydrogen-bond acceptors (Lipinski definition) is 0. The van der Waals surface area contributed by atoms with E-state index in [2.05, 4.69) is 44.4 Å². The minimum Gasteiger partial charge on any atom is -0.101 e. The molecule has 0 unspecified atom stereocenters. The summed E-state index contributed by atoms with van der Waals surface area (Å²) in [7, 11) is 0. The fraction of sp³-hybridized carbons (Fsp3) is 0.630. The Bertz CT molecular complexity index is 582. The third kappa shape index (κ3) is 9.86. The molecule has 27 heavy (non-hydrogen) atoms. The van der Waals surface area contributed by atoms with Gasteiger partial charge in [0.2, 0.25) is 0 Å². The first-order valence-corrected chi connectivity index (χ1v) is 11.5. The quantitative estimate of drug-likeness (QED) is 0.215. The van der Waals surface area contributed by atoms with Crippen LogP contribution in [-0.4, -0.2) is 0 Å². The van der Waals surface area contributed by atoms with Gasteiger partial charge in [-0.05, 0) is 55.4 Å². The SMILES string of the molecule is C=Cc1cc(CCCCCCCC)c(C#CC)cc1CCCCCCCC. The maximum atomic E-state index is 4.07. The zero-order chi connectivity index (χ0) is 19.7. The van der Waals surface area contributed by atoms with Crippen LogP contribution >= 0.6 is 0 Å². The summed E-state index contributed by atoms with van der Waals surface area (Å²) in [5.74, 6) is 6.49. The number of rotatable bonds is 15. The third-order valence-corrected chi connectivity index (χ3v) is 5.44. The highest BCUT2D eigenvalue weighted by Gasteiger charge is 2.08. The number of aryl methyl sites for hydroxylation is 2. The Balaban J connectivity index is 2.66. The number of benzene rings is 1. The first kappa shape index (κ1) is 23.6. The van der Waals surface area contributed by atoms with E-state index in [9.17, 15) is 0 Å². The van der Waals surface area contributed by atoms with Gasteiger partial charge in [-0.2, -0.15) is 0 Å². The van der Waals surface area contributed by atoms with Gasteiger partial charge in [0, 0.05) is 5.56 Å². The van der Waals surface area contributed by atoms with Gasteiger partial charge in [-0.25, -0.2) is 0 Å². The lowest BCUT2D eigenvalue weighted by Gasteiger charge is -2.12. The molecule has 0 N–H and O–H groups in total. The van der Waals surface area contributed by atoms with Gasteiger partial charge in [0.1, 0.15) is 0 Å². The van der Waals surface area contributed by atoms with E-state index in [1.807, 2.05) is 13.0 Å². The minimum absolute atomic E-state index is 1.15. The summed E-state index contributed by atoms with van der Waals surface area (Å²) in [6, 6.07) is 4.72. The average molecular weight is 367 g/mol. The summed E-state index contributed by atoms with van der Waals surface area (Å²) in [6.07, 6.45) is 20.5. The summed E-state index contributed by atoms with van der Waals surface area (Å²) in [6.45, 7) is 10.6. The normalized spacial score (nSPS) is 10.5. The Hall–Kier alpha value is -1.48. The Morgan fingerprint density at radius 1 is 0.741 bits per heavy atom. The molecule has 0 aliphatic carbocycles. The first-order chi connectivity index (χ1) is 13.3. The maximum absolute atomic E-state index is 4.07. The molecule has 0 radical (unpaired) electrons. The van der Waals surface area contributed by atoms with Crippen molar-refractivity contribution in [3.63, 3.8) is 0 Å². The van der Waals surface area contributed by atoms with Gasteiger partial charge in [0.15, 0.2) is 0 Å². The van der Waals surface area contributed by atoms with Gasteiger partial charge < -0.3 is 0 Å². The van der Waals surface area contributed by atoms with Gasteiger partial charge in [-0.3, -0.25) is 0 Å². The van der Waals surface area contributed by atoms with Crippen LogP contribution in [-0.2, 0) is 12.8 Å². The highest BCUT2D eigenvalue weighted by molar-refractivity contribution is 5.58. The molecule has 0 spiro atoms. The van der Waals surface area contributed by atoms with E-state index >= 15 is 0 Å². The average Bonchev–Trinajstić information content (AvgIpc) is 2.68. The maximum Gasteiger partial charge on any atom is 0.0280 e. The van der Waals surface area contributed by atoms with Gasteiger partial charge in [-0.15, -0.1) is 5.92 Å². The molecule has 0 aliphatic heterocycles. The number of unbranched alkanes of at least 4 members (excludes halogenated alkanes) is 10. The van der Waals surface area contributed by atoms with Crippen LogP contribution in [0.1, 0.15) is 120 Å². The third-order valence-electron chi connectivity index (χ3n) is 5.44. The molecule has 0 aliphatic rings. The smallest absolute Gasteiger partial charge is 0.0280 e. The van der Waals surface area contributed by atoms with E-state index in [0.29, 0.717) is 0 Å². The van der Waals surface area contributed by atoms with E-state index in [1.54, 1.807) is 0 Å². The van der Waals surface area contributed by atoms with E-state index < -0.39 is 0 Å². The van der Waals surface area contributed by atoms with Crippen LogP contribution in [0.4, 0.5) is 0 Å². The van der Waals surface area contributed by atoms with E-state index in [4.69, 9.17) is 0 Å². The van der Waals surface area contributed by atoms with Gasteiger partial charge in [-0.1, -0.05) is 103 Å². The molecule has 0 saturated carbocycles. The van der Waals surface area contributed by atoms with E-state index in [0.717, 1.165) is 12.8 Å². The molecule has 1 rings (SSSR count). The lowest BCUT2D eigenvalue weighted by atomic mass is 9.92. The van der Waals surface area contributed by atoms with Gasteiger partial charge in [0.25, 0.3) is 0 Å². The summed E-state index contributed by atoms with van der Waals surface area (Å²) >= 11 is 0. The fourth-order valence-electron chi connectivity index (χ4n) is 3.76. The van der Waals surface area contributed by atoms with Crippen molar-refractivity contribution in [2.45, 2.75) is 111 Å². The Kier molecular flexibility index (Phi) is 13.6. The Labute approximate surface area is 169 Å². The lowest BCUT2D eigenvalue weighted by Crippen LogP contribution is -1.98. The second-order valence-corrected chi connectivity index (χ2v) is 7.82. The van der Waals surface area contributed by atoms with Crippen LogP contribution < -0.4 is 0 Å². The second kappa shape index (κ2) is 15.6. The van der Waals surface area contributed by atoms with Crippen molar-refractivity contribution in [1.29, 1.82) is 0 Å². The van der Waals surface area contributed by atoms with Crippen molar-refractivity contribution in [3.8, 4) is 11.8 Å². The van der Waals surface area contributed by atoms with Crippen molar-refractivity contribution < 1.29 is 0 Å². The molecule has 0 heteroatoms. The minimum atomic E-state index is 1.15. The molecule has 1 aromatic rings. The van der Waals surface area contributed by atoms with Crippen LogP contribution in [0, 0.1) is 11.8 Å². The van der Waals surface area contributed by atoms with Crippen LogP contribution in [0.25, 0.3) is 6.08 Å². The van der Waals surface area contributed by atoms with Crippen LogP contribution in [0.5, 0.6) is 0 Å². The van der Waals surface area contributed by atoms with Crippen molar-refractivity contribution in [2.24, 2.45) is 0 Å². The lowest BCUT2D eigenvalue weighted by molar-refractivity contribution is 0.605. The van der Waals surface area contributed by atoms with Crippen molar-refractivity contribution in [1.82, 2.24) is 0 Å². The standard InChI is InChI=1S/C27H42/c1-5-9-11-13-15-17-20-26-23-25(19-7-3)27(22-24(26)8-4)21-18-16-14-12-10-6-2/h8,22-23H,4-6,9-18,20-21H2,1-3H3. The molecule has 0 amide bonds. The zero-order valence-corrected chi connectivity index (χ0v) is 18.3. The van der Waals surface area contributed by atoms with Crippen molar-refractivity contribution in [3.05, 3.63) is 41.0 Å². The molecular formula is C27H42. The molecule has 0 heterocycles. The summed E-state index contributed by atoms with van der Waals surface area (Å²) in [5, 5.41) is 0. The predicted octanol–water partition coefficient (Wildman–Crippen LogP) is 8.51. The molecule has 0 bridgehead atoms. The van der Waals surface area contributed by atoms with Crippen molar-refractivity contribution >= 4 is 6.08 Å².